The summed E-state index contributed by atoms with van der Waals surface area (Å²) in [5.74, 6) is 0.0873. The Balaban J connectivity index is 2.21. The summed E-state index contributed by atoms with van der Waals surface area (Å²) in [5.41, 5.74) is 0.179. The van der Waals surface area contributed by atoms with Gasteiger partial charge in [-0.05, 0) is 25.1 Å². The molecule has 0 bridgehead atoms. The van der Waals surface area contributed by atoms with Gasteiger partial charge in [0.15, 0.2) is 0 Å². The number of aryl methyl sites for hydroxylation is 1. The fraction of sp³-hybridized carbons (Fsp3) is 0.100. The van der Waals surface area contributed by atoms with Gasteiger partial charge in [0.2, 0.25) is 0 Å². The number of carboxylic acids is 1. The summed E-state index contributed by atoms with van der Waals surface area (Å²) in [6.07, 6.45) is 0. The molecule has 0 aliphatic carbocycles. The van der Waals surface area contributed by atoms with Crippen molar-refractivity contribution in [3.63, 3.8) is 0 Å². The largest absolute Gasteiger partial charge is 0.478 e. The summed E-state index contributed by atoms with van der Waals surface area (Å²) >= 11 is 1.13. The molecule has 1 aromatic carbocycles. The minimum Gasteiger partial charge on any atom is -0.478 e. The summed E-state index contributed by atoms with van der Waals surface area (Å²) in [4.78, 5) is 14.7. The third-order valence-corrected chi connectivity index (χ3v) is 2.48. The molecule has 0 amide bonds. The Kier molecular flexibility index (Phi) is 2.82. The second-order valence-corrected chi connectivity index (χ2v) is 3.76. The quantitative estimate of drug-likeness (QED) is 0.885. The molecule has 82 valence electrons. The molecule has 0 radical (unpaired) electrons. The molecule has 1 heterocycles. The summed E-state index contributed by atoms with van der Waals surface area (Å²) in [6.45, 7) is 1.76. The molecule has 2 aromatic rings. The van der Waals surface area contributed by atoms with Crippen LogP contribution in [0.25, 0.3) is 0 Å². The number of ether oxygens (including phenoxy) is 1. The van der Waals surface area contributed by atoms with Crippen LogP contribution in [0.1, 0.15) is 16.2 Å². The predicted molar refractivity (Wildman–Crippen MR) is 58.1 cm³/mol. The van der Waals surface area contributed by atoms with E-state index in [-0.39, 0.29) is 5.56 Å². The van der Waals surface area contributed by atoms with Crippen LogP contribution in [0.2, 0.25) is 0 Å². The first-order valence-corrected chi connectivity index (χ1v) is 5.24. The number of carboxylic acid groups (broad SMARTS) is 1. The van der Waals surface area contributed by atoms with Gasteiger partial charge in [0, 0.05) is 11.5 Å². The van der Waals surface area contributed by atoms with Crippen LogP contribution in [0.15, 0.2) is 24.3 Å². The predicted octanol–water partition coefficient (Wildman–Crippen LogP) is 2.34. The van der Waals surface area contributed by atoms with Gasteiger partial charge in [0.05, 0.1) is 5.56 Å². The maximum absolute atomic E-state index is 10.7. The van der Waals surface area contributed by atoms with Crippen LogP contribution in [0.4, 0.5) is 0 Å². The van der Waals surface area contributed by atoms with Crippen LogP contribution in [-0.2, 0) is 0 Å². The Morgan fingerprint density at radius 2 is 2.31 bits per heavy atom. The molecular formula is C10H8N2O3S. The number of rotatable bonds is 3. The van der Waals surface area contributed by atoms with Crippen molar-refractivity contribution in [2.45, 2.75) is 6.92 Å². The standard InChI is InChI=1S/C10H8N2O3S/c1-6-11-10(16-12-6)15-8-4-2-3-7(5-8)9(13)14/h2-5H,1H3,(H,13,14). The smallest absolute Gasteiger partial charge is 0.335 e. The van der Waals surface area contributed by atoms with Crippen LogP contribution in [0, 0.1) is 6.92 Å². The second kappa shape index (κ2) is 4.28. The molecular weight excluding hydrogens is 228 g/mol. The molecule has 6 heteroatoms. The lowest BCUT2D eigenvalue weighted by Crippen LogP contribution is -1.95. The van der Waals surface area contributed by atoms with Gasteiger partial charge >= 0.3 is 5.97 Å². The van der Waals surface area contributed by atoms with Crippen LogP contribution < -0.4 is 4.74 Å². The Morgan fingerprint density at radius 1 is 1.50 bits per heavy atom. The van der Waals surface area contributed by atoms with Crippen molar-refractivity contribution in [3.8, 4) is 10.9 Å². The van der Waals surface area contributed by atoms with Gasteiger partial charge in [-0.1, -0.05) is 6.07 Å². The number of hydrogen-bond donors (Lipinski definition) is 1. The second-order valence-electron chi connectivity index (χ2n) is 3.04. The molecule has 5 nitrogen and oxygen atoms in total. The zero-order valence-corrected chi connectivity index (χ0v) is 9.19. The molecule has 0 aliphatic rings. The van der Waals surface area contributed by atoms with E-state index in [1.807, 2.05) is 0 Å². The van der Waals surface area contributed by atoms with Gasteiger partial charge in [0.1, 0.15) is 11.6 Å². The van der Waals surface area contributed by atoms with Crippen LogP contribution >= 0.6 is 11.5 Å². The van der Waals surface area contributed by atoms with Crippen molar-refractivity contribution in [2.24, 2.45) is 0 Å². The average molecular weight is 236 g/mol. The number of benzene rings is 1. The van der Waals surface area contributed by atoms with E-state index in [0.717, 1.165) is 11.5 Å². The van der Waals surface area contributed by atoms with Crippen LogP contribution in [0.3, 0.4) is 0 Å². The molecule has 0 fully saturated rings. The van der Waals surface area contributed by atoms with Gasteiger partial charge in [-0.3, -0.25) is 0 Å². The monoisotopic (exact) mass is 236 g/mol. The highest BCUT2D eigenvalue weighted by atomic mass is 32.1. The molecule has 0 aliphatic heterocycles. The van der Waals surface area contributed by atoms with Gasteiger partial charge in [0.25, 0.3) is 5.19 Å². The topological polar surface area (TPSA) is 72.3 Å². The van der Waals surface area contributed by atoms with E-state index >= 15 is 0 Å². The molecule has 1 aromatic heterocycles. The lowest BCUT2D eigenvalue weighted by molar-refractivity contribution is 0.0696. The summed E-state index contributed by atoms with van der Waals surface area (Å²) in [6, 6.07) is 6.23. The van der Waals surface area contributed by atoms with Gasteiger partial charge in [-0.15, -0.1) is 0 Å². The van der Waals surface area contributed by atoms with E-state index in [2.05, 4.69) is 9.36 Å². The van der Waals surface area contributed by atoms with E-state index in [1.165, 1.54) is 12.1 Å². The van der Waals surface area contributed by atoms with Crippen molar-refractivity contribution in [2.75, 3.05) is 0 Å². The highest BCUT2D eigenvalue weighted by molar-refractivity contribution is 7.07. The van der Waals surface area contributed by atoms with E-state index in [4.69, 9.17) is 9.84 Å². The molecule has 1 N–H and O–H groups in total. The van der Waals surface area contributed by atoms with E-state index in [9.17, 15) is 4.79 Å². The zero-order valence-electron chi connectivity index (χ0n) is 8.38. The number of carbonyl (C=O) groups is 1. The fourth-order valence-corrected chi connectivity index (χ4v) is 1.67. The van der Waals surface area contributed by atoms with Gasteiger partial charge in [-0.25, -0.2) is 4.79 Å². The first kappa shape index (κ1) is 10.6. The maximum atomic E-state index is 10.7. The first-order valence-electron chi connectivity index (χ1n) is 4.46. The van der Waals surface area contributed by atoms with Crippen molar-refractivity contribution in [3.05, 3.63) is 35.7 Å². The van der Waals surface area contributed by atoms with Crippen molar-refractivity contribution >= 4 is 17.5 Å². The van der Waals surface area contributed by atoms with Gasteiger partial charge < -0.3 is 9.84 Å². The first-order chi connectivity index (χ1) is 7.65. The molecule has 0 atom stereocenters. The molecule has 0 spiro atoms. The molecule has 16 heavy (non-hydrogen) atoms. The lowest BCUT2D eigenvalue weighted by Gasteiger charge is -2.01. The van der Waals surface area contributed by atoms with E-state index < -0.39 is 5.97 Å². The van der Waals surface area contributed by atoms with Crippen LogP contribution in [-0.4, -0.2) is 20.4 Å². The molecule has 0 unspecified atom stereocenters. The van der Waals surface area contributed by atoms with E-state index in [0.29, 0.717) is 16.8 Å². The fourth-order valence-electron chi connectivity index (χ4n) is 1.11. The van der Waals surface area contributed by atoms with Crippen LogP contribution in [0.5, 0.6) is 10.9 Å². The molecule has 0 saturated carbocycles. The Morgan fingerprint density at radius 3 is 2.94 bits per heavy atom. The number of nitrogens with zero attached hydrogens (tertiary/aromatic N) is 2. The van der Waals surface area contributed by atoms with E-state index in [1.54, 1.807) is 19.1 Å². The van der Waals surface area contributed by atoms with Gasteiger partial charge in [-0.2, -0.15) is 9.36 Å². The summed E-state index contributed by atoms with van der Waals surface area (Å²) in [7, 11) is 0. The molecule has 0 saturated heterocycles. The Labute approximate surface area is 95.5 Å². The highest BCUT2D eigenvalue weighted by Crippen LogP contribution is 2.23. The third kappa shape index (κ3) is 2.34. The Bertz CT molecular complexity index is 524. The number of aromatic carboxylic acids is 1. The third-order valence-electron chi connectivity index (χ3n) is 1.80. The molecule has 2 rings (SSSR count). The SMILES string of the molecule is Cc1nsc(Oc2cccc(C(=O)O)c2)n1. The summed E-state index contributed by atoms with van der Waals surface area (Å²) in [5, 5.41) is 9.20. The zero-order chi connectivity index (χ0) is 11.5. The average Bonchev–Trinajstić information content (AvgIpc) is 2.64. The summed E-state index contributed by atoms with van der Waals surface area (Å²) < 4.78 is 9.33. The Hall–Kier alpha value is -1.95. The minimum atomic E-state index is -0.987. The van der Waals surface area contributed by atoms with Crippen molar-refractivity contribution in [1.82, 2.24) is 9.36 Å². The maximum Gasteiger partial charge on any atom is 0.335 e. The lowest BCUT2D eigenvalue weighted by atomic mass is 10.2. The van der Waals surface area contributed by atoms with Crippen molar-refractivity contribution in [1.29, 1.82) is 0 Å². The minimum absolute atomic E-state index is 0.179. The number of aromatic nitrogens is 2. The highest BCUT2D eigenvalue weighted by Gasteiger charge is 2.06. The number of hydrogen-bond acceptors (Lipinski definition) is 5. The normalized spacial score (nSPS) is 10.1. The van der Waals surface area contributed by atoms with Crippen molar-refractivity contribution < 1.29 is 14.6 Å².